The number of alkyl carbamates (subject to hydrolysis) is 1. The Bertz CT molecular complexity index is 1680. The third-order valence-corrected chi connectivity index (χ3v) is 7.71. The molecule has 1 fully saturated rings. The smallest absolute Gasteiger partial charge is 0.407 e. The van der Waals surface area contributed by atoms with Crippen LogP contribution in [0.3, 0.4) is 0 Å². The largest absolute Gasteiger partial charge is 0.457 e. The Morgan fingerprint density at radius 1 is 0.706 bits per heavy atom. The first-order chi connectivity index (χ1) is 24.0. The highest BCUT2D eigenvalue weighted by atomic mass is 16.6. The fourth-order valence-corrected chi connectivity index (χ4v) is 5.17. The SMILES string of the molecule is CC(=O)N(O)C(=N)c1ccc(Oc2cc(NC(=O)C3CCC(NC(=O)OC(C)(C)C)CC3)cc(Oc3ccc(C(=N)N(O)C(C)=O)cc3)c2)cc1. The number of anilines is 1. The van der Waals surface area contributed by atoms with E-state index in [0.717, 1.165) is 13.8 Å². The van der Waals surface area contributed by atoms with Gasteiger partial charge in [-0.05, 0) is 95.0 Å². The Labute approximate surface area is 295 Å². The van der Waals surface area contributed by atoms with Crippen molar-refractivity contribution >= 4 is 41.2 Å². The maximum atomic E-state index is 13.4. The van der Waals surface area contributed by atoms with Gasteiger partial charge in [-0.25, -0.2) is 4.79 Å². The van der Waals surface area contributed by atoms with Crippen LogP contribution in [0.4, 0.5) is 10.5 Å². The minimum atomic E-state index is -0.712. The molecule has 3 aromatic carbocycles. The number of hydrogen-bond acceptors (Lipinski definition) is 11. The lowest BCUT2D eigenvalue weighted by Crippen LogP contribution is -2.42. The maximum Gasteiger partial charge on any atom is 0.407 e. The Balaban J connectivity index is 1.51. The molecule has 1 saturated carbocycles. The lowest BCUT2D eigenvalue weighted by molar-refractivity contribution is -0.147. The molecule has 0 saturated heterocycles. The summed E-state index contributed by atoms with van der Waals surface area (Å²) < 4.78 is 17.5. The molecule has 0 atom stereocenters. The summed E-state index contributed by atoms with van der Waals surface area (Å²) in [5.41, 5.74) is 0.308. The number of rotatable bonds is 9. The van der Waals surface area contributed by atoms with Gasteiger partial charge in [0.25, 0.3) is 0 Å². The number of benzene rings is 3. The van der Waals surface area contributed by atoms with Crippen molar-refractivity contribution in [3.63, 3.8) is 0 Å². The topological polar surface area (TPSA) is 215 Å². The zero-order valence-corrected chi connectivity index (χ0v) is 29.0. The summed E-state index contributed by atoms with van der Waals surface area (Å²) in [7, 11) is 0. The number of carbonyl (C=O) groups excluding carboxylic acids is 4. The Kier molecular flexibility index (Phi) is 12.1. The Morgan fingerprint density at radius 3 is 1.53 bits per heavy atom. The van der Waals surface area contributed by atoms with Crippen LogP contribution >= 0.6 is 0 Å². The molecule has 0 aromatic heterocycles. The fraction of sp³-hybridized carbons (Fsp3) is 0.333. The van der Waals surface area contributed by atoms with Gasteiger partial charge in [0.15, 0.2) is 11.7 Å². The number of hydroxylamine groups is 4. The molecule has 4 amide bonds. The van der Waals surface area contributed by atoms with E-state index in [2.05, 4.69) is 10.6 Å². The minimum absolute atomic E-state index is 0.100. The summed E-state index contributed by atoms with van der Waals surface area (Å²) in [6.45, 7) is 7.64. The molecule has 0 unspecified atom stereocenters. The third kappa shape index (κ3) is 10.8. The van der Waals surface area contributed by atoms with E-state index in [9.17, 15) is 29.6 Å². The normalized spacial score (nSPS) is 15.5. The van der Waals surface area contributed by atoms with Crippen LogP contribution in [0, 0.1) is 16.7 Å². The first-order valence-corrected chi connectivity index (χ1v) is 16.2. The molecule has 3 aromatic rings. The lowest BCUT2D eigenvalue weighted by atomic mass is 9.85. The Morgan fingerprint density at radius 2 is 1.14 bits per heavy atom. The van der Waals surface area contributed by atoms with Crippen molar-refractivity contribution < 1.29 is 43.8 Å². The molecule has 15 heteroatoms. The van der Waals surface area contributed by atoms with E-state index in [1.807, 2.05) is 0 Å². The molecular weight excluding hydrogens is 660 g/mol. The van der Waals surface area contributed by atoms with Crippen molar-refractivity contribution in [1.82, 2.24) is 15.4 Å². The van der Waals surface area contributed by atoms with Crippen molar-refractivity contribution in [1.29, 1.82) is 10.8 Å². The average Bonchev–Trinajstić information content (AvgIpc) is 3.07. The standard InChI is InChI=1S/C36H42N6O9/c1-21(43)41(47)32(37)23-8-14-28(15-9-23)49-30-18-27(39-34(45)25-6-12-26(13-7-25)40-35(46)51-36(3,4)5)19-31(20-30)50-29-16-10-24(11-17-29)33(38)42(48)22(2)44/h8-11,14-20,25-26,37-38,47-48H,6-7,12-13H2,1-5H3,(H,39,45)(H,40,46). The van der Waals surface area contributed by atoms with Crippen molar-refractivity contribution in [2.45, 2.75) is 71.9 Å². The molecule has 0 aliphatic heterocycles. The van der Waals surface area contributed by atoms with Gasteiger partial charge in [-0.1, -0.05) is 0 Å². The van der Waals surface area contributed by atoms with Crippen LogP contribution in [0.15, 0.2) is 66.7 Å². The highest BCUT2D eigenvalue weighted by molar-refractivity contribution is 6.05. The second kappa shape index (κ2) is 16.3. The highest BCUT2D eigenvalue weighted by Crippen LogP contribution is 2.34. The summed E-state index contributed by atoms with van der Waals surface area (Å²) in [5.74, 6) is -1.46. The van der Waals surface area contributed by atoms with Gasteiger partial charge < -0.3 is 24.8 Å². The molecular formula is C36H42N6O9. The molecule has 51 heavy (non-hydrogen) atoms. The van der Waals surface area contributed by atoms with Gasteiger partial charge in [-0.2, -0.15) is 10.1 Å². The molecule has 0 spiro atoms. The van der Waals surface area contributed by atoms with Crippen LogP contribution in [0.25, 0.3) is 0 Å². The van der Waals surface area contributed by atoms with Gasteiger partial charge in [-0.15, -0.1) is 0 Å². The van der Waals surface area contributed by atoms with Crippen molar-refractivity contribution in [3.8, 4) is 23.0 Å². The summed E-state index contributed by atoms with van der Waals surface area (Å²) in [4.78, 5) is 48.5. The molecule has 0 heterocycles. The number of nitrogens with one attached hydrogen (secondary N) is 4. The number of hydrogen-bond donors (Lipinski definition) is 6. The van der Waals surface area contributed by atoms with E-state index in [4.69, 9.17) is 25.0 Å². The molecule has 15 nitrogen and oxygen atoms in total. The molecule has 270 valence electrons. The zero-order valence-electron chi connectivity index (χ0n) is 29.0. The molecule has 1 aliphatic carbocycles. The second-order valence-corrected chi connectivity index (χ2v) is 13.0. The van der Waals surface area contributed by atoms with Crippen LogP contribution < -0.4 is 20.1 Å². The van der Waals surface area contributed by atoms with Gasteiger partial charge in [-0.3, -0.25) is 35.6 Å². The minimum Gasteiger partial charge on any atom is -0.457 e. The first kappa shape index (κ1) is 38.0. The van der Waals surface area contributed by atoms with Gasteiger partial charge >= 0.3 is 6.09 Å². The number of ether oxygens (including phenoxy) is 3. The summed E-state index contributed by atoms with van der Waals surface area (Å²) >= 11 is 0. The van der Waals surface area contributed by atoms with Crippen LogP contribution in [-0.4, -0.2) is 67.7 Å². The molecule has 6 N–H and O–H groups in total. The molecule has 0 radical (unpaired) electrons. The molecule has 0 bridgehead atoms. The second-order valence-electron chi connectivity index (χ2n) is 13.0. The van der Waals surface area contributed by atoms with Crippen molar-refractivity contribution in [3.05, 3.63) is 77.9 Å². The average molecular weight is 703 g/mol. The zero-order chi connectivity index (χ0) is 37.5. The van der Waals surface area contributed by atoms with E-state index >= 15 is 0 Å². The predicted molar refractivity (Wildman–Crippen MR) is 185 cm³/mol. The van der Waals surface area contributed by atoms with E-state index in [1.165, 1.54) is 24.3 Å². The number of amidine groups is 2. The van der Waals surface area contributed by atoms with Gasteiger partial charge in [0.05, 0.1) is 0 Å². The van der Waals surface area contributed by atoms with Crippen molar-refractivity contribution in [2.24, 2.45) is 5.92 Å². The number of amides is 4. The van der Waals surface area contributed by atoms with E-state index in [0.29, 0.717) is 54.4 Å². The highest BCUT2D eigenvalue weighted by Gasteiger charge is 2.29. The number of carbonyl (C=O) groups is 4. The van der Waals surface area contributed by atoms with Crippen LogP contribution in [0.2, 0.25) is 0 Å². The van der Waals surface area contributed by atoms with Crippen LogP contribution in [-0.2, 0) is 19.1 Å². The summed E-state index contributed by atoms with van der Waals surface area (Å²) in [6, 6.07) is 16.9. The van der Waals surface area contributed by atoms with Gasteiger partial charge in [0, 0.05) is 60.8 Å². The summed E-state index contributed by atoms with van der Waals surface area (Å²) in [5, 5.41) is 41.9. The lowest BCUT2D eigenvalue weighted by Gasteiger charge is -2.29. The molecule has 4 rings (SSSR count). The first-order valence-electron chi connectivity index (χ1n) is 16.2. The fourth-order valence-electron chi connectivity index (χ4n) is 5.17. The predicted octanol–water partition coefficient (Wildman–Crippen LogP) is 6.42. The number of nitrogens with zero attached hydrogens (tertiary/aromatic N) is 2. The monoisotopic (exact) mass is 702 g/mol. The molecule has 1 aliphatic rings. The van der Waals surface area contributed by atoms with E-state index in [1.54, 1.807) is 63.2 Å². The van der Waals surface area contributed by atoms with Crippen LogP contribution in [0.5, 0.6) is 23.0 Å². The van der Waals surface area contributed by atoms with Crippen LogP contribution in [0.1, 0.15) is 71.4 Å². The van der Waals surface area contributed by atoms with Crippen molar-refractivity contribution in [2.75, 3.05) is 5.32 Å². The third-order valence-electron chi connectivity index (χ3n) is 7.71. The summed E-state index contributed by atoms with van der Waals surface area (Å²) in [6.07, 6.45) is 1.84. The van der Waals surface area contributed by atoms with E-state index in [-0.39, 0.29) is 39.1 Å². The van der Waals surface area contributed by atoms with Gasteiger partial charge in [0.2, 0.25) is 17.7 Å². The quantitative estimate of drug-likeness (QED) is 0.0627. The Hall–Kier alpha value is -5.80. The maximum absolute atomic E-state index is 13.4. The van der Waals surface area contributed by atoms with Gasteiger partial charge in [0.1, 0.15) is 28.6 Å². The van der Waals surface area contributed by atoms with E-state index < -0.39 is 35.2 Å².